The van der Waals surface area contributed by atoms with Crippen molar-refractivity contribution in [2.75, 3.05) is 13.2 Å². The number of fused-ring (bicyclic) bond motifs is 1. The highest BCUT2D eigenvalue weighted by molar-refractivity contribution is 7.12. The number of amides is 1. The molecule has 8 nitrogen and oxygen atoms in total. The van der Waals surface area contributed by atoms with Gasteiger partial charge in [0.1, 0.15) is 11.2 Å². The fourth-order valence-electron chi connectivity index (χ4n) is 2.65. The van der Waals surface area contributed by atoms with E-state index >= 15 is 0 Å². The first-order valence-electron chi connectivity index (χ1n) is 7.53. The molecule has 3 aromatic rings. The van der Waals surface area contributed by atoms with Gasteiger partial charge in [-0.15, -0.1) is 27.8 Å². The summed E-state index contributed by atoms with van der Waals surface area (Å²) in [7, 11) is 0. The highest BCUT2D eigenvalue weighted by atomic mass is 32.1. The van der Waals surface area contributed by atoms with Crippen molar-refractivity contribution >= 4 is 34.6 Å². The van der Waals surface area contributed by atoms with Gasteiger partial charge in [0.2, 0.25) is 0 Å². The van der Waals surface area contributed by atoms with Crippen LogP contribution in [0.4, 0.5) is 0 Å². The summed E-state index contributed by atoms with van der Waals surface area (Å²) >= 11 is 2.94. The van der Waals surface area contributed by atoms with Crippen molar-refractivity contribution in [2.24, 2.45) is 0 Å². The zero-order valence-corrected chi connectivity index (χ0v) is 14.6. The van der Waals surface area contributed by atoms with E-state index in [1.54, 1.807) is 27.7 Å². The van der Waals surface area contributed by atoms with Crippen molar-refractivity contribution in [2.45, 2.75) is 13.0 Å². The van der Waals surface area contributed by atoms with Crippen LogP contribution in [0.15, 0.2) is 29.2 Å². The third-order valence-electron chi connectivity index (χ3n) is 3.91. The van der Waals surface area contributed by atoms with E-state index in [1.807, 2.05) is 11.4 Å². The number of aromatic nitrogens is 4. The van der Waals surface area contributed by atoms with Gasteiger partial charge in [0, 0.05) is 18.0 Å². The highest BCUT2D eigenvalue weighted by Gasteiger charge is 2.24. The molecule has 0 aromatic carbocycles. The molecule has 0 saturated carbocycles. The molecular formula is C15H13N5O3S2. The van der Waals surface area contributed by atoms with Crippen LogP contribution >= 0.6 is 22.7 Å². The van der Waals surface area contributed by atoms with Crippen LogP contribution in [0, 0.1) is 0 Å². The van der Waals surface area contributed by atoms with Crippen molar-refractivity contribution < 1.29 is 14.3 Å². The lowest BCUT2D eigenvalue weighted by Crippen LogP contribution is -2.38. The molecule has 10 heteroatoms. The van der Waals surface area contributed by atoms with E-state index in [1.165, 1.54) is 32.8 Å². The number of hydrogen-bond donors (Lipinski definition) is 0. The fourth-order valence-corrected chi connectivity index (χ4v) is 4.31. The Morgan fingerprint density at radius 1 is 1.24 bits per heavy atom. The quantitative estimate of drug-likeness (QED) is 0.643. The minimum Gasteiger partial charge on any atom is -0.451 e. The Morgan fingerprint density at radius 3 is 2.96 bits per heavy atom. The molecule has 4 heterocycles. The third kappa shape index (κ3) is 3.17. The minimum absolute atomic E-state index is 0.189. The van der Waals surface area contributed by atoms with E-state index in [4.69, 9.17) is 4.74 Å². The van der Waals surface area contributed by atoms with Crippen molar-refractivity contribution in [3.05, 3.63) is 44.5 Å². The molecule has 0 spiro atoms. The molecule has 0 atom stereocenters. The van der Waals surface area contributed by atoms with Gasteiger partial charge in [-0.25, -0.2) is 4.79 Å². The zero-order chi connectivity index (χ0) is 17.2. The van der Waals surface area contributed by atoms with E-state index in [2.05, 4.69) is 15.5 Å². The number of tetrazole rings is 1. The van der Waals surface area contributed by atoms with Crippen LogP contribution in [-0.2, 0) is 22.5 Å². The number of rotatable bonds is 4. The summed E-state index contributed by atoms with van der Waals surface area (Å²) in [6.45, 7) is 0.953. The SMILES string of the molecule is O=C(OCC(=O)N1CCc2sccc2C1)c1sccc1-n1cnnn1. The lowest BCUT2D eigenvalue weighted by Gasteiger charge is -2.26. The number of carbonyl (C=O) groups excluding carboxylic acids is 2. The maximum atomic E-state index is 12.3. The number of esters is 1. The van der Waals surface area contributed by atoms with Crippen LogP contribution in [0.2, 0.25) is 0 Å². The minimum atomic E-state index is -0.554. The average molecular weight is 375 g/mol. The van der Waals surface area contributed by atoms with Crippen molar-refractivity contribution in [1.29, 1.82) is 0 Å². The molecule has 128 valence electrons. The molecule has 1 aliphatic rings. The lowest BCUT2D eigenvalue weighted by molar-refractivity contribution is -0.135. The van der Waals surface area contributed by atoms with E-state index < -0.39 is 5.97 Å². The van der Waals surface area contributed by atoms with Crippen LogP contribution in [0.1, 0.15) is 20.1 Å². The van der Waals surface area contributed by atoms with Gasteiger partial charge >= 0.3 is 5.97 Å². The van der Waals surface area contributed by atoms with Crippen molar-refractivity contribution in [1.82, 2.24) is 25.1 Å². The van der Waals surface area contributed by atoms with Gasteiger partial charge in [-0.3, -0.25) is 4.79 Å². The Balaban J connectivity index is 1.38. The molecule has 0 N–H and O–H groups in total. The molecule has 0 radical (unpaired) electrons. The predicted octanol–water partition coefficient (Wildman–Crippen LogP) is 1.53. The number of thiophene rings is 2. The van der Waals surface area contributed by atoms with E-state index in [-0.39, 0.29) is 12.5 Å². The van der Waals surface area contributed by atoms with Gasteiger partial charge in [0.15, 0.2) is 6.61 Å². The highest BCUT2D eigenvalue weighted by Crippen LogP contribution is 2.24. The van der Waals surface area contributed by atoms with Crippen LogP contribution in [0.25, 0.3) is 5.69 Å². The Labute approximate surface area is 150 Å². The lowest BCUT2D eigenvalue weighted by atomic mass is 10.1. The van der Waals surface area contributed by atoms with Gasteiger partial charge in [0.25, 0.3) is 5.91 Å². The Bertz CT molecular complexity index is 902. The van der Waals surface area contributed by atoms with E-state index in [9.17, 15) is 9.59 Å². The van der Waals surface area contributed by atoms with Crippen LogP contribution in [0.5, 0.6) is 0 Å². The standard InChI is InChI=1S/C15H13N5O3S2/c21-13(19-4-1-12-10(7-19)2-5-24-12)8-23-15(22)14-11(3-6-25-14)20-9-16-17-18-20/h2-3,5-6,9H,1,4,7-8H2. The van der Waals surface area contributed by atoms with Crippen molar-refractivity contribution in [3.63, 3.8) is 0 Å². The van der Waals surface area contributed by atoms with Crippen LogP contribution in [0.3, 0.4) is 0 Å². The molecule has 3 aromatic heterocycles. The maximum Gasteiger partial charge on any atom is 0.351 e. The fraction of sp³-hybridized carbons (Fsp3) is 0.267. The van der Waals surface area contributed by atoms with Gasteiger partial charge < -0.3 is 9.64 Å². The van der Waals surface area contributed by atoms with Gasteiger partial charge in [-0.1, -0.05) is 0 Å². The molecule has 1 amide bonds. The molecule has 0 saturated heterocycles. The Hall–Kier alpha value is -2.59. The second kappa shape index (κ2) is 6.73. The van der Waals surface area contributed by atoms with Crippen LogP contribution < -0.4 is 0 Å². The molecule has 0 bridgehead atoms. The largest absolute Gasteiger partial charge is 0.451 e. The van der Waals surface area contributed by atoms with Crippen LogP contribution in [-0.4, -0.2) is 50.1 Å². The summed E-state index contributed by atoms with van der Waals surface area (Å²) in [4.78, 5) is 28.0. The topological polar surface area (TPSA) is 90.2 Å². The number of ether oxygens (including phenoxy) is 1. The molecule has 4 rings (SSSR count). The number of carbonyl (C=O) groups is 2. The van der Waals surface area contributed by atoms with E-state index in [0.29, 0.717) is 23.7 Å². The first-order valence-corrected chi connectivity index (χ1v) is 9.29. The van der Waals surface area contributed by atoms with E-state index in [0.717, 1.165) is 6.42 Å². The third-order valence-corrected chi connectivity index (χ3v) is 5.82. The molecule has 25 heavy (non-hydrogen) atoms. The molecule has 0 aliphatic carbocycles. The summed E-state index contributed by atoms with van der Waals surface area (Å²) in [6.07, 6.45) is 2.25. The van der Waals surface area contributed by atoms with Gasteiger partial charge in [-0.2, -0.15) is 4.68 Å². The Morgan fingerprint density at radius 2 is 2.12 bits per heavy atom. The normalized spacial score (nSPS) is 13.5. The first kappa shape index (κ1) is 15.9. The van der Waals surface area contributed by atoms with Crippen molar-refractivity contribution in [3.8, 4) is 5.69 Å². The summed E-state index contributed by atoms with van der Waals surface area (Å²) in [5.74, 6) is -0.743. The monoisotopic (exact) mass is 375 g/mol. The summed E-state index contributed by atoms with van der Waals surface area (Å²) in [5.41, 5.74) is 1.71. The molecule has 0 fully saturated rings. The van der Waals surface area contributed by atoms with Gasteiger partial charge in [-0.05, 0) is 45.3 Å². The Kier molecular flexibility index (Phi) is 4.28. The smallest absolute Gasteiger partial charge is 0.351 e. The summed E-state index contributed by atoms with van der Waals surface area (Å²) < 4.78 is 6.60. The summed E-state index contributed by atoms with van der Waals surface area (Å²) in [5, 5.41) is 14.7. The first-order chi connectivity index (χ1) is 12.2. The second-order valence-electron chi connectivity index (χ2n) is 5.40. The zero-order valence-electron chi connectivity index (χ0n) is 13.0. The molecule has 0 unspecified atom stereocenters. The average Bonchev–Trinajstić information content (AvgIpc) is 3.38. The predicted molar refractivity (Wildman–Crippen MR) is 90.8 cm³/mol. The van der Waals surface area contributed by atoms with Gasteiger partial charge in [0.05, 0.1) is 5.69 Å². The second-order valence-corrected chi connectivity index (χ2v) is 7.32. The maximum absolute atomic E-state index is 12.3. The molecular weight excluding hydrogens is 362 g/mol. The molecule has 1 aliphatic heterocycles. The number of hydrogen-bond acceptors (Lipinski definition) is 8. The summed E-state index contributed by atoms with van der Waals surface area (Å²) in [6, 6.07) is 3.76. The number of nitrogens with zero attached hydrogens (tertiary/aromatic N) is 5.